The molecule has 156 valence electrons. The van der Waals surface area contributed by atoms with E-state index in [0.717, 1.165) is 17.7 Å². The highest BCUT2D eigenvalue weighted by atomic mass is 16.6. The molecular formula is C27H30O3. The summed E-state index contributed by atoms with van der Waals surface area (Å²) in [6, 6.07) is 16.7. The van der Waals surface area contributed by atoms with Gasteiger partial charge in [0, 0.05) is 5.56 Å². The van der Waals surface area contributed by atoms with Gasteiger partial charge < -0.3 is 9.47 Å². The predicted molar refractivity (Wildman–Crippen MR) is 117 cm³/mol. The first-order chi connectivity index (χ1) is 14.5. The van der Waals surface area contributed by atoms with E-state index in [9.17, 15) is 4.79 Å². The van der Waals surface area contributed by atoms with Gasteiger partial charge in [0.25, 0.3) is 0 Å². The number of benzene rings is 2. The Hall–Kier alpha value is -2.55. The van der Waals surface area contributed by atoms with Gasteiger partial charge in [-0.1, -0.05) is 61.9 Å². The van der Waals surface area contributed by atoms with Gasteiger partial charge in [-0.2, -0.15) is 0 Å². The molecular weight excluding hydrogens is 372 g/mol. The Bertz CT molecular complexity index is 965. The second-order valence-corrected chi connectivity index (χ2v) is 9.63. The van der Waals surface area contributed by atoms with Crippen molar-refractivity contribution in [3.63, 3.8) is 0 Å². The lowest BCUT2D eigenvalue weighted by Gasteiger charge is -2.13. The van der Waals surface area contributed by atoms with Gasteiger partial charge in [-0.05, 0) is 66.7 Å². The molecule has 2 fully saturated rings. The summed E-state index contributed by atoms with van der Waals surface area (Å²) in [7, 11) is 0. The van der Waals surface area contributed by atoms with Gasteiger partial charge >= 0.3 is 5.97 Å². The van der Waals surface area contributed by atoms with Crippen molar-refractivity contribution < 1.29 is 14.3 Å². The zero-order valence-electron chi connectivity index (χ0n) is 17.9. The summed E-state index contributed by atoms with van der Waals surface area (Å²) in [4.78, 5) is 13.0. The average Bonchev–Trinajstić information content (AvgIpc) is 3.13. The molecule has 3 unspecified atom stereocenters. The van der Waals surface area contributed by atoms with E-state index in [-0.39, 0.29) is 23.4 Å². The minimum atomic E-state index is -0.306. The molecule has 0 radical (unpaired) electrons. The second-order valence-electron chi connectivity index (χ2n) is 9.63. The summed E-state index contributed by atoms with van der Waals surface area (Å²) in [5, 5.41) is 0. The Kier molecular flexibility index (Phi) is 4.92. The smallest absolute Gasteiger partial charge is 0.310 e. The summed E-state index contributed by atoms with van der Waals surface area (Å²) in [6.45, 7) is 4.79. The predicted octanol–water partition coefficient (Wildman–Crippen LogP) is 6.03. The lowest BCUT2D eigenvalue weighted by atomic mass is 10.0. The quantitative estimate of drug-likeness (QED) is 0.453. The van der Waals surface area contributed by atoms with Crippen molar-refractivity contribution in [2.24, 2.45) is 17.3 Å². The van der Waals surface area contributed by atoms with E-state index in [4.69, 9.17) is 9.47 Å². The highest BCUT2D eigenvalue weighted by Crippen LogP contribution is 2.60. The number of esters is 1. The van der Waals surface area contributed by atoms with Crippen LogP contribution in [-0.2, 0) is 16.0 Å². The molecule has 2 aromatic carbocycles. The highest BCUT2D eigenvalue weighted by molar-refractivity contribution is 5.78. The first kappa shape index (κ1) is 19.4. The monoisotopic (exact) mass is 402 g/mol. The van der Waals surface area contributed by atoms with Gasteiger partial charge in [0.05, 0.1) is 5.92 Å². The fourth-order valence-electron chi connectivity index (χ4n) is 5.18. The standard InChI is InChI=1S/C27H30O3/c1-27(2)22(16-19-10-6-7-11-19)25(27)26(28)30-24-17-29-23-13-12-20(15-21(23)24)14-18-8-4-3-5-9-18/h3-5,8-9,12-13,15-16,22,24-25H,6-7,10-11,14,17H2,1-2H3. The zero-order chi connectivity index (χ0) is 20.7. The van der Waals surface area contributed by atoms with Gasteiger partial charge in [-0.15, -0.1) is 0 Å². The van der Waals surface area contributed by atoms with E-state index >= 15 is 0 Å². The minimum Gasteiger partial charge on any atom is -0.489 e. The molecule has 0 bridgehead atoms. The molecule has 3 aliphatic rings. The van der Waals surface area contributed by atoms with Gasteiger partial charge in [0.15, 0.2) is 6.10 Å². The number of hydrogen-bond donors (Lipinski definition) is 0. The Morgan fingerprint density at radius 1 is 1.10 bits per heavy atom. The Morgan fingerprint density at radius 3 is 2.63 bits per heavy atom. The lowest BCUT2D eigenvalue weighted by Crippen LogP contribution is -2.16. The number of carbonyl (C=O) groups is 1. The Balaban J connectivity index is 1.28. The van der Waals surface area contributed by atoms with Crippen LogP contribution >= 0.6 is 0 Å². The first-order valence-corrected chi connectivity index (χ1v) is 11.2. The van der Waals surface area contributed by atoms with Crippen LogP contribution in [-0.4, -0.2) is 12.6 Å². The molecule has 0 amide bonds. The highest BCUT2D eigenvalue weighted by Gasteiger charge is 2.62. The summed E-state index contributed by atoms with van der Waals surface area (Å²) in [5.74, 6) is 1.03. The van der Waals surface area contributed by atoms with E-state index in [1.54, 1.807) is 0 Å². The van der Waals surface area contributed by atoms with Crippen molar-refractivity contribution in [3.8, 4) is 5.75 Å². The van der Waals surface area contributed by atoms with Crippen molar-refractivity contribution in [2.45, 2.75) is 52.1 Å². The van der Waals surface area contributed by atoms with E-state index in [2.05, 4.69) is 56.3 Å². The molecule has 1 heterocycles. The van der Waals surface area contributed by atoms with Crippen LogP contribution in [0.3, 0.4) is 0 Å². The van der Waals surface area contributed by atoms with Gasteiger partial charge in [0.1, 0.15) is 12.4 Å². The molecule has 0 N–H and O–H groups in total. The summed E-state index contributed by atoms with van der Waals surface area (Å²) >= 11 is 0. The van der Waals surface area contributed by atoms with Crippen LogP contribution in [0.2, 0.25) is 0 Å². The van der Waals surface area contributed by atoms with Crippen molar-refractivity contribution in [1.29, 1.82) is 0 Å². The molecule has 0 spiro atoms. The van der Waals surface area contributed by atoms with Crippen LogP contribution < -0.4 is 4.74 Å². The largest absolute Gasteiger partial charge is 0.489 e. The van der Waals surface area contributed by atoms with E-state index in [1.807, 2.05) is 12.1 Å². The SMILES string of the molecule is CC1(C)C(C=C2CCCC2)C1C(=O)OC1COc2ccc(Cc3ccccc3)cc21. The van der Waals surface area contributed by atoms with Crippen LogP contribution in [0.25, 0.3) is 0 Å². The third-order valence-corrected chi connectivity index (χ3v) is 7.15. The maximum absolute atomic E-state index is 13.0. The molecule has 2 saturated carbocycles. The molecule has 2 aromatic rings. The number of carbonyl (C=O) groups excluding carboxylic acids is 1. The van der Waals surface area contributed by atoms with Crippen LogP contribution in [0.15, 0.2) is 60.2 Å². The van der Waals surface area contributed by atoms with E-state index < -0.39 is 0 Å². The molecule has 2 aliphatic carbocycles. The van der Waals surface area contributed by atoms with Crippen LogP contribution in [0.4, 0.5) is 0 Å². The van der Waals surface area contributed by atoms with Gasteiger partial charge in [0.2, 0.25) is 0 Å². The van der Waals surface area contributed by atoms with Crippen LogP contribution in [0.1, 0.15) is 62.3 Å². The third-order valence-electron chi connectivity index (χ3n) is 7.15. The molecule has 3 atom stereocenters. The number of ether oxygens (including phenoxy) is 2. The number of hydrogen-bond acceptors (Lipinski definition) is 3. The van der Waals surface area contributed by atoms with Crippen molar-refractivity contribution >= 4 is 5.97 Å². The second kappa shape index (κ2) is 7.61. The molecule has 3 nitrogen and oxygen atoms in total. The first-order valence-electron chi connectivity index (χ1n) is 11.2. The number of fused-ring (bicyclic) bond motifs is 1. The van der Waals surface area contributed by atoms with Crippen molar-refractivity contribution in [2.75, 3.05) is 6.61 Å². The molecule has 0 saturated heterocycles. The fraction of sp³-hybridized carbons (Fsp3) is 0.444. The zero-order valence-corrected chi connectivity index (χ0v) is 17.9. The van der Waals surface area contributed by atoms with Crippen molar-refractivity contribution in [1.82, 2.24) is 0 Å². The van der Waals surface area contributed by atoms with Gasteiger partial charge in [-0.25, -0.2) is 0 Å². The summed E-state index contributed by atoms with van der Waals surface area (Å²) < 4.78 is 11.8. The minimum absolute atomic E-state index is 0.00980. The lowest BCUT2D eigenvalue weighted by molar-refractivity contribution is -0.152. The van der Waals surface area contributed by atoms with Crippen LogP contribution in [0.5, 0.6) is 5.75 Å². The average molecular weight is 403 g/mol. The molecule has 0 aromatic heterocycles. The normalized spacial score (nSPS) is 26.1. The third kappa shape index (κ3) is 3.66. The maximum atomic E-state index is 13.0. The number of allylic oxidation sites excluding steroid dienone is 2. The summed E-state index contributed by atoms with van der Waals surface area (Å²) in [6.07, 6.45) is 7.89. The molecule has 3 heteroatoms. The Labute approximate surface area is 179 Å². The molecule has 5 rings (SSSR count). The van der Waals surface area contributed by atoms with E-state index in [0.29, 0.717) is 12.5 Å². The number of rotatable bonds is 5. The maximum Gasteiger partial charge on any atom is 0.310 e. The topological polar surface area (TPSA) is 35.5 Å². The summed E-state index contributed by atoms with van der Waals surface area (Å²) in [5.41, 5.74) is 5.00. The molecule has 1 aliphatic heterocycles. The van der Waals surface area contributed by atoms with E-state index in [1.165, 1.54) is 42.4 Å². The molecule has 30 heavy (non-hydrogen) atoms. The van der Waals surface area contributed by atoms with Crippen LogP contribution in [0, 0.1) is 17.3 Å². The Morgan fingerprint density at radius 2 is 1.87 bits per heavy atom. The van der Waals surface area contributed by atoms with Gasteiger partial charge in [-0.3, -0.25) is 4.79 Å². The van der Waals surface area contributed by atoms with Crippen molar-refractivity contribution in [3.05, 3.63) is 76.9 Å². The fourth-order valence-corrected chi connectivity index (χ4v) is 5.18.